The number of rotatable bonds is 4. The lowest BCUT2D eigenvalue weighted by atomic mass is 9.99. The first-order valence-electron chi connectivity index (χ1n) is 10.4. The first kappa shape index (κ1) is 21.5. The van der Waals surface area contributed by atoms with E-state index in [4.69, 9.17) is 6.42 Å². The highest BCUT2D eigenvalue weighted by molar-refractivity contribution is 7.94. The van der Waals surface area contributed by atoms with E-state index in [0.717, 1.165) is 6.42 Å². The summed E-state index contributed by atoms with van der Waals surface area (Å²) in [6.45, 7) is 1.74. The Morgan fingerprint density at radius 2 is 2.16 bits per heavy atom. The Morgan fingerprint density at radius 3 is 2.74 bits per heavy atom. The van der Waals surface area contributed by atoms with E-state index in [1.165, 1.54) is 10.8 Å². The molecule has 2 aliphatic carbocycles. The lowest BCUT2D eigenvalue weighted by molar-refractivity contribution is 0.0266. The average molecular weight is 443 g/mol. The standard InChI is InChI=1S/C22H26N4O4S/c1-4-14-12-15-13-23-21(24-16-7-9-17(10-8-16)31(3,29)30)25-19(15)26(20(14)27)18-6-5-11-22(18,2)28/h1,9,12-13,16,18,28H,5-8,10-11H2,2-3H3,(H,23,24,25)/t16?,18-,22-/m1/s1. The Hall–Kier alpha value is -2.70. The van der Waals surface area contributed by atoms with Gasteiger partial charge >= 0.3 is 0 Å². The van der Waals surface area contributed by atoms with Gasteiger partial charge in [0.1, 0.15) is 5.65 Å². The first-order valence-corrected chi connectivity index (χ1v) is 12.3. The molecule has 0 radical (unpaired) electrons. The van der Waals surface area contributed by atoms with E-state index in [0.29, 0.717) is 54.0 Å². The number of nitrogens with zero attached hydrogens (tertiary/aromatic N) is 3. The van der Waals surface area contributed by atoms with Crippen LogP contribution in [0.15, 0.2) is 28.0 Å². The van der Waals surface area contributed by atoms with E-state index < -0.39 is 21.5 Å². The van der Waals surface area contributed by atoms with Crippen LogP contribution in [0.5, 0.6) is 0 Å². The van der Waals surface area contributed by atoms with Crippen LogP contribution in [-0.4, -0.2) is 46.0 Å². The van der Waals surface area contributed by atoms with Crippen LogP contribution in [-0.2, 0) is 9.84 Å². The first-order chi connectivity index (χ1) is 14.6. The van der Waals surface area contributed by atoms with Gasteiger partial charge in [0.15, 0.2) is 9.84 Å². The smallest absolute Gasteiger partial charge is 0.268 e. The molecule has 2 N–H and O–H groups in total. The van der Waals surface area contributed by atoms with Crippen molar-refractivity contribution in [3.8, 4) is 12.3 Å². The van der Waals surface area contributed by atoms with E-state index in [9.17, 15) is 18.3 Å². The third-order valence-electron chi connectivity index (χ3n) is 6.30. The number of hydrogen-bond acceptors (Lipinski definition) is 7. The van der Waals surface area contributed by atoms with Gasteiger partial charge in [0.2, 0.25) is 5.95 Å². The zero-order chi connectivity index (χ0) is 22.4. The lowest BCUT2D eigenvalue weighted by Gasteiger charge is -2.28. The van der Waals surface area contributed by atoms with Gasteiger partial charge < -0.3 is 10.4 Å². The molecule has 2 aliphatic rings. The maximum absolute atomic E-state index is 13.1. The number of aromatic nitrogens is 3. The molecule has 1 saturated carbocycles. The van der Waals surface area contributed by atoms with Crippen molar-refractivity contribution in [1.82, 2.24) is 14.5 Å². The number of pyridine rings is 1. The van der Waals surface area contributed by atoms with E-state index in [-0.39, 0.29) is 17.2 Å². The second-order valence-electron chi connectivity index (χ2n) is 8.67. The van der Waals surface area contributed by atoms with Crippen LogP contribution in [0.4, 0.5) is 5.95 Å². The molecule has 2 heterocycles. The highest BCUT2D eigenvalue weighted by Gasteiger charge is 2.39. The summed E-state index contributed by atoms with van der Waals surface area (Å²) in [6.07, 6.45) is 13.8. The number of nitrogens with one attached hydrogen (secondary N) is 1. The van der Waals surface area contributed by atoms with Crippen LogP contribution < -0.4 is 10.9 Å². The van der Waals surface area contributed by atoms with Crippen molar-refractivity contribution in [2.45, 2.75) is 63.1 Å². The fourth-order valence-electron chi connectivity index (χ4n) is 4.58. The fourth-order valence-corrected chi connectivity index (χ4v) is 5.47. The van der Waals surface area contributed by atoms with Crippen molar-refractivity contribution in [2.24, 2.45) is 0 Å². The number of hydrogen-bond donors (Lipinski definition) is 2. The number of fused-ring (bicyclic) bond motifs is 1. The summed E-state index contributed by atoms with van der Waals surface area (Å²) in [6, 6.07) is 1.17. The molecular weight excluding hydrogens is 416 g/mol. The van der Waals surface area contributed by atoms with Crippen LogP contribution in [0.25, 0.3) is 11.0 Å². The normalized spacial score (nSPS) is 26.5. The zero-order valence-corrected chi connectivity index (χ0v) is 18.4. The molecule has 2 aromatic heterocycles. The van der Waals surface area contributed by atoms with Gasteiger partial charge in [-0.15, -0.1) is 6.42 Å². The predicted octanol–water partition coefficient (Wildman–Crippen LogP) is 2.14. The molecule has 164 valence electrons. The zero-order valence-electron chi connectivity index (χ0n) is 17.6. The number of sulfone groups is 1. The van der Waals surface area contributed by atoms with Gasteiger partial charge in [0.05, 0.1) is 17.2 Å². The molecule has 3 atom stereocenters. The molecule has 2 aromatic rings. The summed E-state index contributed by atoms with van der Waals surface area (Å²) in [4.78, 5) is 22.5. The van der Waals surface area contributed by atoms with Crippen LogP contribution >= 0.6 is 0 Å². The molecule has 0 bridgehead atoms. The Labute approximate surface area is 181 Å². The summed E-state index contributed by atoms with van der Waals surface area (Å²) in [7, 11) is -3.16. The summed E-state index contributed by atoms with van der Waals surface area (Å²) in [5, 5.41) is 14.7. The molecule has 4 rings (SSSR count). The molecule has 0 amide bonds. The minimum Gasteiger partial charge on any atom is -0.388 e. The van der Waals surface area contributed by atoms with Crippen LogP contribution in [0.3, 0.4) is 0 Å². The van der Waals surface area contributed by atoms with Crippen molar-refractivity contribution in [2.75, 3.05) is 11.6 Å². The molecule has 0 aliphatic heterocycles. The van der Waals surface area contributed by atoms with Crippen molar-refractivity contribution >= 4 is 26.8 Å². The van der Waals surface area contributed by atoms with Crippen molar-refractivity contribution in [1.29, 1.82) is 0 Å². The topological polar surface area (TPSA) is 114 Å². The summed E-state index contributed by atoms with van der Waals surface area (Å²) in [5.74, 6) is 2.79. The van der Waals surface area contributed by atoms with Crippen molar-refractivity contribution in [3.63, 3.8) is 0 Å². The third-order valence-corrected chi connectivity index (χ3v) is 7.62. The number of terminal acetylenes is 1. The average Bonchev–Trinajstić information content (AvgIpc) is 3.06. The van der Waals surface area contributed by atoms with Crippen LogP contribution in [0.2, 0.25) is 0 Å². The molecule has 1 fully saturated rings. The third kappa shape index (κ3) is 4.10. The van der Waals surface area contributed by atoms with Gasteiger partial charge in [-0.3, -0.25) is 9.36 Å². The monoisotopic (exact) mass is 442 g/mol. The van der Waals surface area contributed by atoms with Gasteiger partial charge in [-0.1, -0.05) is 12.0 Å². The van der Waals surface area contributed by atoms with Crippen LogP contribution in [0, 0.1) is 12.3 Å². The highest BCUT2D eigenvalue weighted by atomic mass is 32.2. The molecule has 31 heavy (non-hydrogen) atoms. The van der Waals surface area contributed by atoms with Gasteiger partial charge in [-0.05, 0) is 51.5 Å². The predicted molar refractivity (Wildman–Crippen MR) is 119 cm³/mol. The molecule has 1 unspecified atom stereocenters. The number of allylic oxidation sites excluding steroid dienone is 1. The molecule has 0 aromatic carbocycles. The maximum Gasteiger partial charge on any atom is 0.268 e. The Balaban J connectivity index is 1.72. The van der Waals surface area contributed by atoms with Gasteiger partial charge in [-0.2, -0.15) is 4.98 Å². The second kappa shape index (κ2) is 7.77. The molecule has 8 nitrogen and oxygen atoms in total. The number of anilines is 1. The lowest BCUT2D eigenvalue weighted by Crippen LogP contribution is -2.38. The minimum absolute atomic E-state index is 0.0114. The Kier molecular flexibility index (Phi) is 5.40. The molecule has 9 heteroatoms. The van der Waals surface area contributed by atoms with Gasteiger partial charge in [-0.25, -0.2) is 13.4 Å². The largest absolute Gasteiger partial charge is 0.388 e. The van der Waals surface area contributed by atoms with E-state index in [2.05, 4.69) is 21.2 Å². The van der Waals surface area contributed by atoms with E-state index in [1.54, 1.807) is 25.3 Å². The summed E-state index contributed by atoms with van der Waals surface area (Å²) >= 11 is 0. The Bertz CT molecular complexity index is 1270. The van der Waals surface area contributed by atoms with E-state index >= 15 is 0 Å². The van der Waals surface area contributed by atoms with Crippen molar-refractivity contribution in [3.05, 3.63) is 39.2 Å². The quantitative estimate of drug-likeness (QED) is 0.697. The molecule has 0 saturated heterocycles. The fraction of sp³-hybridized carbons (Fsp3) is 0.500. The SMILES string of the molecule is C#Cc1cc2cnc(NC3CC=C(S(C)(=O)=O)CC3)nc2n([C@@H]2CCC[C@@]2(C)O)c1=O. The van der Waals surface area contributed by atoms with Gasteiger partial charge in [0.25, 0.3) is 5.56 Å². The molecule has 0 spiro atoms. The summed E-state index contributed by atoms with van der Waals surface area (Å²) < 4.78 is 25.0. The van der Waals surface area contributed by atoms with Crippen molar-refractivity contribution < 1.29 is 13.5 Å². The second-order valence-corrected chi connectivity index (χ2v) is 10.7. The highest BCUT2D eigenvalue weighted by Crippen LogP contribution is 2.39. The summed E-state index contributed by atoms with van der Waals surface area (Å²) in [5.41, 5.74) is -0.731. The van der Waals surface area contributed by atoms with E-state index in [1.807, 2.05) is 0 Å². The van der Waals surface area contributed by atoms with Gasteiger partial charge in [0, 0.05) is 28.8 Å². The minimum atomic E-state index is -3.16. The Morgan fingerprint density at radius 1 is 1.39 bits per heavy atom. The number of aliphatic hydroxyl groups is 1. The molecular formula is C22H26N4O4S. The maximum atomic E-state index is 13.1. The van der Waals surface area contributed by atoms with Crippen LogP contribution in [0.1, 0.15) is 57.1 Å².